The Hall–Kier alpha value is 0. The molecule has 0 unspecified atom stereocenters. The Kier molecular flexibility index (Phi) is 12.1. The molecule has 2 N–H and O–H groups in total. The Morgan fingerprint density at radius 2 is 1.78 bits per heavy atom. The highest BCUT2D eigenvalue weighted by Crippen LogP contribution is 2.26. The second-order valence-electron chi connectivity index (χ2n) is 5.07. The summed E-state index contributed by atoms with van der Waals surface area (Å²) in [5.41, 5.74) is 0. The van der Waals surface area contributed by atoms with Crippen molar-refractivity contribution in [2.24, 2.45) is 10.9 Å². The summed E-state index contributed by atoms with van der Waals surface area (Å²) in [4.78, 5) is 4.20. The average Bonchev–Trinajstić information content (AvgIpc) is 2.39. The number of hydrogen-bond donors (Lipinski definition) is 2. The third kappa shape index (κ3) is 8.16. The van der Waals surface area contributed by atoms with Crippen LogP contribution in [-0.2, 0) is 0 Å². The van der Waals surface area contributed by atoms with Crippen LogP contribution in [0.2, 0.25) is 0 Å². The molecule has 0 aliphatic heterocycles. The molecule has 0 saturated heterocycles. The number of nitrogens with zero attached hydrogens (tertiary/aromatic N) is 1. The molecule has 0 spiro atoms. The average molecular weight is 367 g/mol. The third-order valence-corrected chi connectivity index (χ3v) is 3.57. The topological polar surface area (TPSA) is 36.4 Å². The Morgan fingerprint density at radius 1 is 1.11 bits per heavy atom. The molecule has 1 rings (SSSR count). The number of hydrogen-bond acceptors (Lipinski definition) is 1. The molecular formula is C14H30IN3. The molecule has 4 heteroatoms. The van der Waals surface area contributed by atoms with Gasteiger partial charge >= 0.3 is 0 Å². The first kappa shape index (κ1) is 18.0. The molecule has 108 valence electrons. The summed E-state index contributed by atoms with van der Waals surface area (Å²) in [5.74, 6) is 1.95. The number of nitrogens with one attached hydrogen (secondary N) is 2. The fraction of sp³-hybridized carbons (Fsp3) is 0.929. The molecule has 1 saturated carbocycles. The van der Waals surface area contributed by atoms with Crippen LogP contribution in [0.4, 0.5) is 0 Å². The minimum atomic E-state index is 0. The summed E-state index contributed by atoms with van der Waals surface area (Å²) in [7, 11) is 1.84. The lowest BCUT2D eigenvalue weighted by Crippen LogP contribution is -2.38. The summed E-state index contributed by atoms with van der Waals surface area (Å²) in [5, 5.41) is 6.68. The van der Waals surface area contributed by atoms with E-state index in [9.17, 15) is 0 Å². The van der Waals surface area contributed by atoms with Crippen molar-refractivity contribution in [3.8, 4) is 0 Å². The maximum Gasteiger partial charge on any atom is 0.190 e. The Balaban J connectivity index is 0.00000289. The second-order valence-corrected chi connectivity index (χ2v) is 5.07. The highest BCUT2D eigenvalue weighted by Gasteiger charge is 2.12. The standard InChI is InChI=1S/C14H29N3.HI/c1-3-11-16-14(15-2)17-12-7-10-13-8-5-4-6-9-13;/h13H,3-12H2,1-2H3,(H2,15,16,17);1H. The van der Waals surface area contributed by atoms with E-state index >= 15 is 0 Å². The summed E-state index contributed by atoms with van der Waals surface area (Å²) < 4.78 is 0. The van der Waals surface area contributed by atoms with Crippen LogP contribution >= 0.6 is 24.0 Å². The van der Waals surface area contributed by atoms with Crippen LogP contribution in [0.3, 0.4) is 0 Å². The molecule has 0 radical (unpaired) electrons. The highest BCUT2D eigenvalue weighted by atomic mass is 127. The summed E-state index contributed by atoms with van der Waals surface area (Å²) >= 11 is 0. The molecule has 0 aromatic heterocycles. The van der Waals surface area contributed by atoms with Crippen molar-refractivity contribution in [1.29, 1.82) is 0 Å². The van der Waals surface area contributed by atoms with Gasteiger partial charge in [-0.2, -0.15) is 0 Å². The molecule has 0 heterocycles. The van der Waals surface area contributed by atoms with Crippen LogP contribution in [0.5, 0.6) is 0 Å². The van der Waals surface area contributed by atoms with Gasteiger partial charge in [0.25, 0.3) is 0 Å². The van der Waals surface area contributed by atoms with Crippen LogP contribution in [0, 0.1) is 5.92 Å². The van der Waals surface area contributed by atoms with Gasteiger partial charge in [-0.25, -0.2) is 0 Å². The van der Waals surface area contributed by atoms with Gasteiger partial charge < -0.3 is 10.6 Å². The minimum Gasteiger partial charge on any atom is -0.356 e. The van der Waals surface area contributed by atoms with E-state index in [2.05, 4.69) is 22.5 Å². The van der Waals surface area contributed by atoms with Crippen LogP contribution in [0.1, 0.15) is 58.3 Å². The molecule has 1 aliphatic carbocycles. The number of rotatable bonds is 6. The van der Waals surface area contributed by atoms with E-state index in [1.54, 1.807) is 0 Å². The number of aliphatic imine (C=N–C) groups is 1. The van der Waals surface area contributed by atoms with Crippen LogP contribution in [0.25, 0.3) is 0 Å². The second kappa shape index (κ2) is 12.1. The van der Waals surface area contributed by atoms with Gasteiger partial charge in [0.1, 0.15) is 0 Å². The van der Waals surface area contributed by atoms with Crippen molar-refractivity contribution >= 4 is 29.9 Å². The van der Waals surface area contributed by atoms with Gasteiger partial charge in [0.05, 0.1) is 0 Å². The van der Waals surface area contributed by atoms with E-state index in [0.717, 1.165) is 31.4 Å². The van der Waals surface area contributed by atoms with Crippen LogP contribution in [0.15, 0.2) is 4.99 Å². The molecule has 0 aromatic carbocycles. The van der Waals surface area contributed by atoms with E-state index in [4.69, 9.17) is 0 Å². The molecule has 0 atom stereocenters. The predicted molar refractivity (Wildman–Crippen MR) is 90.9 cm³/mol. The first-order valence-corrected chi connectivity index (χ1v) is 7.31. The third-order valence-electron chi connectivity index (χ3n) is 3.57. The van der Waals surface area contributed by atoms with Crippen LogP contribution in [-0.4, -0.2) is 26.1 Å². The molecule has 1 fully saturated rings. The fourth-order valence-electron chi connectivity index (χ4n) is 2.54. The van der Waals surface area contributed by atoms with E-state index in [-0.39, 0.29) is 24.0 Å². The van der Waals surface area contributed by atoms with Gasteiger partial charge in [-0.1, -0.05) is 39.0 Å². The Labute approximate surface area is 130 Å². The van der Waals surface area contributed by atoms with Crippen LogP contribution < -0.4 is 10.6 Å². The molecule has 18 heavy (non-hydrogen) atoms. The normalized spacial score (nSPS) is 17.1. The SMILES string of the molecule is CCCNC(=NC)NCCCC1CCCCC1.I. The molecule has 0 bridgehead atoms. The lowest BCUT2D eigenvalue weighted by molar-refractivity contribution is 0.332. The zero-order valence-electron chi connectivity index (χ0n) is 12.0. The van der Waals surface area contributed by atoms with E-state index in [1.165, 1.54) is 44.9 Å². The lowest BCUT2D eigenvalue weighted by Gasteiger charge is -2.21. The molecule has 0 amide bonds. The smallest absolute Gasteiger partial charge is 0.190 e. The van der Waals surface area contributed by atoms with Gasteiger partial charge in [-0.05, 0) is 25.2 Å². The zero-order chi connectivity index (χ0) is 12.3. The van der Waals surface area contributed by atoms with E-state index in [1.807, 2.05) is 7.05 Å². The van der Waals surface area contributed by atoms with E-state index < -0.39 is 0 Å². The maximum absolute atomic E-state index is 4.20. The fourth-order valence-corrected chi connectivity index (χ4v) is 2.54. The highest BCUT2D eigenvalue weighted by molar-refractivity contribution is 14.0. The Morgan fingerprint density at radius 3 is 2.39 bits per heavy atom. The molecular weight excluding hydrogens is 337 g/mol. The first-order valence-electron chi connectivity index (χ1n) is 7.31. The van der Waals surface area contributed by atoms with Gasteiger partial charge in [-0.15, -0.1) is 24.0 Å². The van der Waals surface area contributed by atoms with Gasteiger partial charge in [0.15, 0.2) is 5.96 Å². The van der Waals surface area contributed by atoms with E-state index in [0.29, 0.717) is 0 Å². The first-order chi connectivity index (χ1) is 8.36. The Bertz CT molecular complexity index is 213. The molecule has 1 aliphatic rings. The minimum absolute atomic E-state index is 0. The van der Waals surface area contributed by atoms with Crippen molar-refractivity contribution in [2.75, 3.05) is 20.1 Å². The van der Waals surface area contributed by atoms with Crippen molar-refractivity contribution in [3.05, 3.63) is 0 Å². The van der Waals surface area contributed by atoms with Gasteiger partial charge in [0, 0.05) is 20.1 Å². The zero-order valence-corrected chi connectivity index (χ0v) is 14.3. The van der Waals surface area contributed by atoms with Crippen molar-refractivity contribution in [2.45, 2.75) is 58.3 Å². The molecule has 3 nitrogen and oxygen atoms in total. The largest absolute Gasteiger partial charge is 0.356 e. The maximum atomic E-state index is 4.20. The van der Waals surface area contributed by atoms with Gasteiger partial charge in [0.2, 0.25) is 0 Å². The van der Waals surface area contributed by atoms with Crippen molar-refractivity contribution in [3.63, 3.8) is 0 Å². The van der Waals surface area contributed by atoms with Gasteiger partial charge in [-0.3, -0.25) is 4.99 Å². The predicted octanol–water partition coefficient (Wildman–Crippen LogP) is 3.54. The van der Waals surface area contributed by atoms with Crippen molar-refractivity contribution < 1.29 is 0 Å². The van der Waals surface area contributed by atoms with Crippen molar-refractivity contribution in [1.82, 2.24) is 10.6 Å². The molecule has 0 aromatic rings. The monoisotopic (exact) mass is 367 g/mol. The summed E-state index contributed by atoms with van der Waals surface area (Å²) in [6, 6.07) is 0. The number of guanidine groups is 1. The summed E-state index contributed by atoms with van der Waals surface area (Å²) in [6.07, 6.45) is 11.1. The quantitative estimate of drug-likeness (QED) is 0.326. The lowest BCUT2D eigenvalue weighted by atomic mass is 9.86. The summed E-state index contributed by atoms with van der Waals surface area (Å²) in [6.45, 7) is 4.23. The number of halogens is 1.